The van der Waals surface area contributed by atoms with E-state index in [9.17, 15) is 4.79 Å². The Morgan fingerprint density at radius 3 is 2.79 bits per heavy atom. The van der Waals surface area contributed by atoms with E-state index in [0.717, 1.165) is 40.4 Å². The number of carbonyl (C=O) groups excluding carboxylic acids is 1. The predicted molar refractivity (Wildman–Crippen MR) is 127 cm³/mol. The second kappa shape index (κ2) is 9.13. The Morgan fingerprint density at radius 1 is 1.15 bits per heavy atom. The minimum atomic E-state index is -0.0584. The first-order valence-corrected chi connectivity index (χ1v) is 11.6. The molecule has 0 bridgehead atoms. The molecule has 8 heteroatoms. The second-order valence-electron chi connectivity index (χ2n) is 9.11. The van der Waals surface area contributed by atoms with Gasteiger partial charge in [-0.25, -0.2) is 4.79 Å². The van der Waals surface area contributed by atoms with Crippen LogP contribution in [0.5, 0.6) is 0 Å². The Hall–Kier alpha value is -3.55. The van der Waals surface area contributed by atoms with Gasteiger partial charge >= 0.3 is 6.03 Å². The molecule has 1 aliphatic rings. The van der Waals surface area contributed by atoms with Crippen molar-refractivity contribution < 1.29 is 4.79 Å². The topological polar surface area (TPSA) is 88.3 Å². The van der Waals surface area contributed by atoms with Gasteiger partial charge in [-0.2, -0.15) is 4.52 Å². The Bertz CT molecular complexity index is 1280. The molecule has 0 atom stereocenters. The number of hydrogen-bond acceptors (Lipinski definition) is 5. The van der Waals surface area contributed by atoms with Gasteiger partial charge in [0.05, 0.1) is 12.1 Å². The number of benzene rings is 1. The summed E-state index contributed by atoms with van der Waals surface area (Å²) in [5, 5.41) is 16.8. The molecule has 5 rings (SSSR count). The number of hydrogen-bond donors (Lipinski definition) is 1. The molecule has 4 aromatic rings. The fraction of sp³-hybridized carbons (Fsp3) is 0.400. The van der Waals surface area contributed by atoms with Crippen LogP contribution in [0.1, 0.15) is 54.4 Å². The molecular weight excluding hydrogens is 414 g/mol. The van der Waals surface area contributed by atoms with E-state index in [1.807, 2.05) is 23.2 Å². The number of nitrogens with one attached hydrogen (secondary N) is 1. The Morgan fingerprint density at radius 2 is 2.00 bits per heavy atom. The highest BCUT2D eigenvalue weighted by atomic mass is 16.2. The largest absolute Gasteiger partial charge is 0.335 e. The van der Waals surface area contributed by atoms with E-state index in [2.05, 4.69) is 57.9 Å². The van der Waals surface area contributed by atoms with E-state index >= 15 is 0 Å². The van der Waals surface area contributed by atoms with Crippen molar-refractivity contribution in [2.75, 3.05) is 0 Å². The van der Waals surface area contributed by atoms with Crippen molar-refractivity contribution in [1.82, 2.24) is 35.2 Å². The van der Waals surface area contributed by atoms with Crippen molar-refractivity contribution in [2.45, 2.75) is 65.1 Å². The Kier molecular flexibility index (Phi) is 5.90. The number of fused-ring (bicyclic) bond motifs is 3. The maximum Gasteiger partial charge on any atom is 0.318 e. The van der Waals surface area contributed by atoms with Crippen LogP contribution in [0.3, 0.4) is 0 Å². The fourth-order valence-corrected chi connectivity index (χ4v) is 4.93. The molecule has 0 spiro atoms. The minimum Gasteiger partial charge on any atom is -0.335 e. The molecule has 1 aliphatic carbocycles. The van der Waals surface area contributed by atoms with Crippen molar-refractivity contribution in [3.63, 3.8) is 0 Å². The van der Waals surface area contributed by atoms with Gasteiger partial charge in [0.1, 0.15) is 0 Å². The summed E-state index contributed by atoms with van der Waals surface area (Å²) in [6, 6.07) is 10.5. The van der Waals surface area contributed by atoms with Gasteiger partial charge in [-0.05, 0) is 66.4 Å². The number of carbonyl (C=O) groups is 1. The van der Waals surface area contributed by atoms with Crippen LogP contribution in [0.15, 0.2) is 42.7 Å². The zero-order chi connectivity index (χ0) is 22.8. The van der Waals surface area contributed by atoms with Gasteiger partial charge in [0.15, 0.2) is 5.65 Å². The Labute approximate surface area is 193 Å². The average Bonchev–Trinajstić information content (AvgIpc) is 3.29. The highest BCUT2D eigenvalue weighted by Gasteiger charge is 2.22. The molecule has 2 amide bonds. The van der Waals surface area contributed by atoms with Crippen LogP contribution >= 0.6 is 0 Å². The number of rotatable bonds is 5. The maximum absolute atomic E-state index is 13.4. The lowest BCUT2D eigenvalue weighted by molar-refractivity contribution is 0.184. The van der Waals surface area contributed by atoms with Gasteiger partial charge in [-0.15, -0.1) is 5.10 Å². The van der Waals surface area contributed by atoms with E-state index in [1.54, 1.807) is 10.7 Å². The lowest BCUT2D eigenvalue weighted by Crippen LogP contribution is -2.45. The summed E-state index contributed by atoms with van der Waals surface area (Å²) in [4.78, 5) is 19.5. The Balaban J connectivity index is 1.51. The first kappa shape index (κ1) is 21.3. The van der Waals surface area contributed by atoms with E-state index in [1.165, 1.54) is 24.8 Å². The molecule has 0 unspecified atom stereocenters. The van der Waals surface area contributed by atoms with Crippen LogP contribution in [-0.4, -0.2) is 42.0 Å². The number of urea groups is 1. The highest BCUT2D eigenvalue weighted by Crippen LogP contribution is 2.25. The quantitative estimate of drug-likeness (QED) is 0.496. The lowest BCUT2D eigenvalue weighted by Gasteiger charge is -2.28. The van der Waals surface area contributed by atoms with Crippen LogP contribution in [0, 0.1) is 13.8 Å². The molecule has 1 N–H and O–H groups in total. The van der Waals surface area contributed by atoms with E-state index in [-0.39, 0.29) is 12.1 Å². The number of aromatic nitrogens is 5. The van der Waals surface area contributed by atoms with Crippen LogP contribution in [0.2, 0.25) is 0 Å². The summed E-state index contributed by atoms with van der Waals surface area (Å²) in [5.74, 6) is 0. The fourth-order valence-electron chi connectivity index (χ4n) is 4.93. The zero-order valence-electron chi connectivity index (χ0n) is 19.2. The predicted octanol–water partition coefficient (Wildman–Crippen LogP) is 4.33. The normalized spacial score (nSPS) is 14.6. The first-order valence-electron chi connectivity index (χ1n) is 11.6. The molecule has 0 radical (unpaired) electrons. The number of tetrazole rings is 1. The summed E-state index contributed by atoms with van der Waals surface area (Å²) in [7, 11) is 0. The minimum absolute atomic E-state index is 0.0584. The smallest absolute Gasteiger partial charge is 0.318 e. The van der Waals surface area contributed by atoms with Crippen molar-refractivity contribution in [1.29, 1.82) is 0 Å². The second-order valence-corrected chi connectivity index (χ2v) is 9.11. The van der Waals surface area contributed by atoms with Gasteiger partial charge in [0, 0.05) is 35.9 Å². The third-order valence-corrected chi connectivity index (χ3v) is 6.45. The van der Waals surface area contributed by atoms with Crippen LogP contribution in [0.4, 0.5) is 4.79 Å². The highest BCUT2D eigenvalue weighted by molar-refractivity contribution is 5.86. The summed E-state index contributed by atoms with van der Waals surface area (Å²) in [6.07, 6.45) is 9.22. The number of pyridine rings is 2. The lowest BCUT2D eigenvalue weighted by atomic mass is 9.96. The maximum atomic E-state index is 13.4. The average molecular weight is 444 g/mol. The molecule has 170 valence electrons. The summed E-state index contributed by atoms with van der Waals surface area (Å²) in [5.41, 5.74) is 5.88. The number of amides is 2. The molecule has 1 aromatic carbocycles. The summed E-state index contributed by atoms with van der Waals surface area (Å²) < 4.78 is 1.79. The van der Waals surface area contributed by atoms with E-state index in [0.29, 0.717) is 18.7 Å². The van der Waals surface area contributed by atoms with Gasteiger partial charge in [-0.3, -0.25) is 4.98 Å². The molecule has 33 heavy (non-hydrogen) atoms. The van der Waals surface area contributed by atoms with Gasteiger partial charge in [-0.1, -0.05) is 37.0 Å². The van der Waals surface area contributed by atoms with Crippen molar-refractivity contribution in [3.05, 3.63) is 65.0 Å². The third kappa shape index (κ3) is 4.51. The molecule has 3 heterocycles. The molecular formula is C25H29N7O. The van der Waals surface area contributed by atoms with E-state index < -0.39 is 0 Å². The molecule has 8 nitrogen and oxygen atoms in total. The monoisotopic (exact) mass is 443 g/mol. The zero-order valence-corrected chi connectivity index (χ0v) is 19.2. The van der Waals surface area contributed by atoms with Gasteiger partial charge < -0.3 is 10.2 Å². The standard InChI is InChI=1S/C25H29N7O/c1-17-11-18(2)23-20(12-17)13-21(24-28-29-30-32(23)24)16-31(15-19-7-6-10-26-14-19)25(33)27-22-8-4-3-5-9-22/h6-7,10-14,22H,3-5,8-9,15-16H2,1-2H3,(H,27,33). The summed E-state index contributed by atoms with van der Waals surface area (Å²) in [6.45, 7) is 5.02. The molecule has 1 fully saturated rings. The van der Waals surface area contributed by atoms with Crippen molar-refractivity contribution in [3.8, 4) is 0 Å². The number of nitrogens with zero attached hydrogens (tertiary/aromatic N) is 6. The molecule has 0 aliphatic heterocycles. The van der Waals surface area contributed by atoms with Crippen molar-refractivity contribution >= 4 is 22.6 Å². The first-order chi connectivity index (χ1) is 16.1. The summed E-state index contributed by atoms with van der Waals surface area (Å²) >= 11 is 0. The molecule has 0 saturated heterocycles. The molecule has 1 saturated carbocycles. The van der Waals surface area contributed by atoms with Crippen LogP contribution in [-0.2, 0) is 13.1 Å². The van der Waals surface area contributed by atoms with Gasteiger partial charge in [0.2, 0.25) is 0 Å². The van der Waals surface area contributed by atoms with Crippen LogP contribution < -0.4 is 5.32 Å². The number of aryl methyl sites for hydroxylation is 2. The van der Waals surface area contributed by atoms with Crippen molar-refractivity contribution in [2.24, 2.45) is 0 Å². The third-order valence-electron chi connectivity index (χ3n) is 6.45. The SMILES string of the molecule is Cc1cc(C)c2c(c1)cc(CN(Cc1cccnc1)C(=O)NC1CCCCC1)c1nnnn12. The van der Waals surface area contributed by atoms with Gasteiger partial charge in [0.25, 0.3) is 0 Å². The van der Waals surface area contributed by atoms with Crippen LogP contribution in [0.25, 0.3) is 16.6 Å². The molecule has 3 aromatic heterocycles. The van der Waals surface area contributed by atoms with E-state index in [4.69, 9.17) is 0 Å².